The van der Waals surface area contributed by atoms with Gasteiger partial charge in [0.1, 0.15) is 11.5 Å². The highest BCUT2D eigenvalue weighted by atomic mass is 16.5. The standard InChI is InChI=1S/C21H31N3O5/c1-15-13-19(16(2)29-15)21(27)24(14-18-5-4-12-28-18)7-6-20(26)23-10-8-22(9-11-23)17(3)25/h13,18H,4-12,14H2,1-3H3. The van der Waals surface area contributed by atoms with Gasteiger partial charge < -0.3 is 23.9 Å². The number of carbonyl (C=O) groups excluding carboxylic acids is 3. The van der Waals surface area contributed by atoms with Crippen molar-refractivity contribution in [3.63, 3.8) is 0 Å². The molecule has 160 valence electrons. The van der Waals surface area contributed by atoms with Crippen molar-refractivity contribution in [2.24, 2.45) is 0 Å². The Bertz CT molecular complexity index is 745. The van der Waals surface area contributed by atoms with Crippen molar-refractivity contribution in [3.8, 4) is 0 Å². The molecule has 1 aromatic rings. The number of ether oxygens (including phenoxy) is 1. The summed E-state index contributed by atoms with van der Waals surface area (Å²) in [7, 11) is 0. The average Bonchev–Trinajstić information content (AvgIpc) is 3.33. The molecule has 1 atom stereocenters. The van der Waals surface area contributed by atoms with E-state index in [-0.39, 0.29) is 30.2 Å². The molecule has 3 rings (SSSR count). The fourth-order valence-corrected chi connectivity index (χ4v) is 3.98. The van der Waals surface area contributed by atoms with Crippen molar-refractivity contribution in [3.05, 3.63) is 23.2 Å². The Kier molecular flexibility index (Phi) is 6.95. The maximum atomic E-state index is 13.1. The lowest BCUT2D eigenvalue weighted by atomic mass is 10.1. The van der Waals surface area contributed by atoms with Gasteiger partial charge >= 0.3 is 0 Å². The third kappa shape index (κ3) is 5.38. The topological polar surface area (TPSA) is 83.3 Å². The fourth-order valence-electron chi connectivity index (χ4n) is 3.98. The zero-order valence-electron chi connectivity index (χ0n) is 17.6. The molecule has 0 aromatic carbocycles. The molecule has 2 saturated heterocycles. The van der Waals surface area contributed by atoms with Gasteiger partial charge in [0.15, 0.2) is 0 Å². The summed E-state index contributed by atoms with van der Waals surface area (Å²) in [6, 6.07) is 1.75. The second-order valence-electron chi connectivity index (χ2n) is 7.85. The van der Waals surface area contributed by atoms with Gasteiger partial charge in [-0.2, -0.15) is 0 Å². The monoisotopic (exact) mass is 405 g/mol. The lowest BCUT2D eigenvalue weighted by Crippen LogP contribution is -2.50. The second kappa shape index (κ2) is 9.43. The summed E-state index contributed by atoms with van der Waals surface area (Å²) in [6.45, 7) is 8.89. The average molecular weight is 405 g/mol. The molecule has 0 radical (unpaired) electrons. The lowest BCUT2D eigenvalue weighted by molar-refractivity contribution is -0.138. The molecule has 8 heteroatoms. The fraction of sp³-hybridized carbons (Fsp3) is 0.667. The highest BCUT2D eigenvalue weighted by Gasteiger charge is 2.28. The largest absolute Gasteiger partial charge is 0.466 e. The molecule has 2 aliphatic heterocycles. The summed E-state index contributed by atoms with van der Waals surface area (Å²) >= 11 is 0. The summed E-state index contributed by atoms with van der Waals surface area (Å²) in [5.74, 6) is 1.22. The second-order valence-corrected chi connectivity index (χ2v) is 7.85. The number of aryl methyl sites for hydroxylation is 2. The van der Waals surface area contributed by atoms with E-state index in [1.54, 1.807) is 34.6 Å². The van der Waals surface area contributed by atoms with E-state index in [9.17, 15) is 14.4 Å². The molecule has 2 fully saturated rings. The van der Waals surface area contributed by atoms with Crippen LogP contribution in [-0.2, 0) is 14.3 Å². The quantitative estimate of drug-likeness (QED) is 0.718. The predicted molar refractivity (Wildman–Crippen MR) is 107 cm³/mol. The van der Waals surface area contributed by atoms with Crippen LogP contribution < -0.4 is 0 Å². The van der Waals surface area contributed by atoms with Gasteiger partial charge in [-0.25, -0.2) is 0 Å². The molecule has 1 aromatic heterocycles. The molecule has 0 spiro atoms. The molecule has 3 amide bonds. The zero-order chi connectivity index (χ0) is 21.0. The van der Waals surface area contributed by atoms with Crippen LogP contribution in [0.1, 0.15) is 48.1 Å². The van der Waals surface area contributed by atoms with Crippen molar-refractivity contribution < 1.29 is 23.5 Å². The highest BCUT2D eigenvalue weighted by molar-refractivity contribution is 5.95. The van der Waals surface area contributed by atoms with Crippen LogP contribution in [0.25, 0.3) is 0 Å². The summed E-state index contributed by atoms with van der Waals surface area (Å²) < 4.78 is 11.2. The SMILES string of the molecule is CC(=O)N1CCN(C(=O)CCN(CC2CCCO2)C(=O)c2cc(C)oc2C)CC1. The van der Waals surface area contributed by atoms with Crippen LogP contribution in [0.4, 0.5) is 0 Å². The van der Waals surface area contributed by atoms with Crippen LogP contribution in [0.5, 0.6) is 0 Å². The van der Waals surface area contributed by atoms with Crippen molar-refractivity contribution >= 4 is 17.7 Å². The minimum atomic E-state index is -0.121. The van der Waals surface area contributed by atoms with Gasteiger partial charge in [0.05, 0.1) is 11.7 Å². The first kappa shape index (κ1) is 21.4. The lowest BCUT2D eigenvalue weighted by Gasteiger charge is -2.34. The Balaban J connectivity index is 1.60. The van der Waals surface area contributed by atoms with Gasteiger partial charge in [0.25, 0.3) is 5.91 Å². The van der Waals surface area contributed by atoms with Crippen LogP contribution in [0.3, 0.4) is 0 Å². The number of amides is 3. The molecule has 0 N–H and O–H groups in total. The van der Waals surface area contributed by atoms with Crippen molar-refractivity contribution in [1.29, 1.82) is 0 Å². The van der Waals surface area contributed by atoms with E-state index in [0.717, 1.165) is 19.4 Å². The van der Waals surface area contributed by atoms with Crippen LogP contribution in [0.2, 0.25) is 0 Å². The Hall–Kier alpha value is -2.35. The molecule has 0 saturated carbocycles. The summed E-state index contributed by atoms with van der Waals surface area (Å²) in [5.41, 5.74) is 0.544. The van der Waals surface area contributed by atoms with E-state index in [4.69, 9.17) is 9.15 Å². The molecule has 2 aliphatic rings. The van der Waals surface area contributed by atoms with Crippen LogP contribution in [0, 0.1) is 13.8 Å². The molecule has 0 aliphatic carbocycles. The minimum Gasteiger partial charge on any atom is -0.466 e. The highest BCUT2D eigenvalue weighted by Crippen LogP contribution is 2.19. The van der Waals surface area contributed by atoms with E-state index >= 15 is 0 Å². The van der Waals surface area contributed by atoms with E-state index in [1.165, 1.54) is 0 Å². The Labute approximate surface area is 171 Å². The maximum absolute atomic E-state index is 13.1. The molecule has 29 heavy (non-hydrogen) atoms. The first-order valence-corrected chi connectivity index (χ1v) is 10.4. The number of hydrogen-bond donors (Lipinski definition) is 0. The van der Waals surface area contributed by atoms with E-state index in [1.807, 2.05) is 6.92 Å². The molecular weight excluding hydrogens is 374 g/mol. The van der Waals surface area contributed by atoms with E-state index in [2.05, 4.69) is 0 Å². The molecule has 8 nitrogen and oxygen atoms in total. The van der Waals surface area contributed by atoms with Crippen molar-refractivity contribution in [1.82, 2.24) is 14.7 Å². The smallest absolute Gasteiger partial charge is 0.257 e. The number of hydrogen-bond acceptors (Lipinski definition) is 5. The number of nitrogens with zero attached hydrogens (tertiary/aromatic N) is 3. The summed E-state index contributed by atoms with van der Waals surface area (Å²) in [4.78, 5) is 42.5. The number of rotatable bonds is 6. The molecule has 3 heterocycles. The Morgan fingerprint density at radius 3 is 2.38 bits per heavy atom. The van der Waals surface area contributed by atoms with E-state index in [0.29, 0.717) is 56.4 Å². The third-order valence-corrected chi connectivity index (χ3v) is 5.68. The summed E-state index contributed by atoms with van der Waals surface area (Å²) in [5, 5.41) is 0. The Morgan fingerprint density at radius 2 is 1.83 bits per heavy atom. The van der Waals surface area contributed by atoms with Gasteiger partial charge in [0, 0.05) is 59.2 Å². The zero-order valence-corrected chi connectivity index (χ0v) is 17.6. The van der Waals surface area contributed by atoms with Crippen molar-refractivity contribution in [2.75, 3.05) is 45.9 Å². The third-order valence-electron chi connectivity index (χ3n) is 5.68. The van der Waals surface area contributed by atoms with Crippen LogP contribution in [0.15, 0.2) is 10.5 Å². The van der Waals surface area contributed by atoms with Gasteiger partial charge in [-0.05, 0) is 32.8 Å². The van der Waals surface area contributed by atoms with Gasteiger partial charge in [-0.3, -0.25) is 14.4 Å². The number of furan rings is 1. The Morgan fingerprint density at radius 1 is 1.14 bits per heavy atom. The first-order valence-electron chi connectivity index (χ1n) is 10.4. The molecule has 1 unspecified atom stereocenters. The maximum Gasteiger partial charge on any atom is 0.257 e. The molecule has 0 bridgehead atoms. The van der Waals surface area contributed by atoms with Gasteiger partial charge in [-0.1, -0.05) is 0 Å². The van der Waals surface area contributed by atoms with Crippen LogP contribution >= 0.6 is 0 Å². The number of carbonyl (C=O) groups is 3. The first-order chi connectivity index (χ1) is 13.8. The summed E-state index contributed by atoms with van der Waals surface area (Å²) in [6.07, 6.45) is 2.19. The number of piperazine rings is 1. The van der Waals surface area contributed by atoms with E-state index < -0.39 is 0 Å². The normalized spacial score (nSPS) is 19.5. The van der Waals surface area contributed by atoms with Gasteiger partial charge in [-0.15, -0.1) is 0 Å². The molecular formula is C21H31N3O5. The van der Waals surface area contributed by atoms with Crippen LogP contribution in [-0.4, -0.2) is 84.4 Å². The predicted octanol–water partition coefficient (Wildman–Crippen LogP) is 1.60. The van der Waals surface area contributed by atoms with Crippen molar-refractivity contribution in [2.45, 2.75) is 46.1 Å². The van der Waals surface area contributed by atoms with Gasteiger partial charge in [0.2, 0.25) is 11.8 Å². The minimum absolute atomic E-state index is 0.0124.